The lowest BCUT2D eigenvalue weighted by Crippen LogP contribution is -2.45. The Kier molecular flexibility index (Phi) is 5.77. The van der Waals surface area contributed by atoms with Gasteiger partial charge in [0, 0.05) is 0 Å². The Morgan fingerprint density at radius 1 is 1.61 bits per heavy atom. The summed E-state index contributed by atoms with van der Waals surface area (Å²) < 4.78 is 10.5. The molecule has 1 heterocycles. The molecular formula is C14H19NO3. The average Bonchev–Trinajstić information content (AvgIpc) is 2.38. The molecule has 1 atom stereocenters. The van der Waals surface area contributed by atoms with Crippen molar-refractivity contribution < 1.29 is 14.3 Å². The molecule has 1 fully saturated rings. The van der Waals surface area contributed by atoms with Crippen molar-refractivity contribution in [3.05, 3.63) is 48.4 Å². The van der Waals surface area contributed by atoms with Gasteiger partial charge in [0.05, 0.1) is 12.3 Å². The third-order valence-electron chi connectivity index (χ3n) is 2.30. The smallest absolute Gasteiger partial charge is 0.332 e. The van der Waals surface area contributed by atoms with Crippen LogP contribution in [0.15, 0.2) is 48.4 Å². The zero-order chi connectivity index (χ0) is 13.4. The van der Waals surface area contributed by atoms with E-state index in [0.29, 0.717) is 12.4 Å². The summed E-state index contributed by atoms with van der Waals surface area (Å²) in [5.41, 5.74) is 0.748. The first-order valence-electron chi connectivity index (χ1n) is 5.95. The normalized spacial score (nSPS) is 23.8. The number of rotatable bonds is 4. The lowest BCUT2D eigenvalue weighted by molar-refractivity contribution is -0.147. The summed E-state index contributed by atoms with van der Waals surface area (Å²) in [6, 6.07) is -0.469. The van der Waals surface area contributed by atoms with E-state index in [9.17, 15) is 4.79 Å². The van der Waals surface area contributed by atoms with Gasteiger partial charge in [0.25, 0.3) is 0 Å². The minimum Gasteiger partial charge on any atom is -0.489 e. The molecule has 0 radical (unpaired) electrons. The second kappa shape index (κ2) is 7.37. The number of allylic oxidation sites excluding steroid dienone is 5. The molecular weight excluding hydrogens is 230 g/mol. The number of carbonyl (C=O) groups is 1. The van der Waals surface area contributed by atoms with Crippen molar-refractivity contribution in [1.29, 1.82) is 0 Å². The molecule has 0 aromatic heterocycles. The van der Waals surface area contributed by atoms with Gasteiger partial charge in [-0.15, -0.1) is 0 Å². The summed E-state index contributed by atoms with van der Waals surface area (Å²) in [5.74, 6) is 0.366. The largest absolute Gasteiger partial charge is 0.489 e. The van der Waals surface area contributed by atoms with E-state index in [0.717, 1.165) is 5.70 Å². The Hall–Kier alpha value is -1.97. The summed E-state index contributed by atoms with van der Waals surface area (Å²) in [4.78, 5) is 11.6. The van der Waals surface area contributed by atoms with Crippen LogP contribution in [0.3, 0.4) is 0 Å². The maximum absolute atomic E-state index is 11.6. The predicted molar refractivity (Wildman–Crippen MR) is 70.7 cm³/mol. The SMILES string of the molecule is C=C/C=C1/OCC(C(=O)OCC)N/C1=C/C=C\C. The topological polar surface area (TPSA) is 47.6 Å². The fourth-order valence-electron chi connectivity index (χ4n) is 1.49. The first-order chi connectivity index (χ1) is 8.72. The first kappa shape index (κ1) is 14.1. The van der Waals surface area contributed by atoms with Crippen LogP contribution in [0.2, 0.25) is 0 Å². The summed E-state index contributed by atoms with van der Waals surface area (Å²) in [6.07, 6.45) is 9.01. The Labute approximate surface area is 108 Å². The maximum Gasteiger partial charge on any atom is 0.332 e. The standard InChI is InChI=1S/C14H19NO3/c1-4-7-9-11-13(8-5-2)18-10-12(15-11)14(16)17-6-3/h4-5,7-9,12,15H,2,6,10H2,1,3H3/b7-4-,11-9+,13-8+. The quantitative estimate of drug-likeness (QED) is 0.775. The fourth-order valence-corrected chi connectivity index (χ4v) is 1.49. The molecule has 1 aliphatic heterocycles. The van der Waals surface area contributed by atoms with E-state index >= 15 is 0 Å². The molecule has 18 heavy (non-hydrogen) atoms. The van der Waals surface area contributed by atoms with Gasteiger partial charge >= 0.3 is 5.97 Å². The second-order valence-corrected chi connectivity index (χ2v) is 3.63. The van der Waals surface area contributed by atoms with Gasteiger partial charge in [0.2, 0.25) is 0 Å². The molecule has 4 nitrogen and oxygen atoms in total. The van der Waals surface area contributed by atoms with Crippen molar-refractivity contribution in [2.45, 2.75) is 19.9 Å². The molecule has 0 aromatic carbocycles. The minimum absolute atomic E-state index is 0.256. The van der Waals surface area contributed by atoms with Gasteiger partial charge in [0.15, 0.2) is 6.04 Å². The van der Waals surface area contributed by atoms with E-state index in [1.54, 1.807) is 19.1 Å². The average molecular weight is 249 g/mol. The Morgan fingerprint density at radius 2 is 2.39 bits per heavy atom. The highest BCUT2D eigenvalue weighted by molar-refractivity contribution is 5.76. The Bertz CT molecular complexity index is 394. The summed E-state index contributed by atoms with van der Waals surface area (Å²) in [6.45, 7) is 7.95. The molecule has 1 unspecified atom stereocenters. The monoisotopic (exact) mass is 249 g/mol. The number of hydrogen-bond acceptors (Lipinski definition) is 4. The van der Waals surface area contributed by atoms with E-state index < -0.39 is 6.04 Å². The molecule has 0 aliphatic carbocycles. The summed E-state index contributed by atoms with van der Waals surface area (Å²) in [5, 5.41) is 3.10. The van der Waals surface area contributed by atoms with Crippen LogP contribution in [0.1, 0.15) is 13.8 Å². The molecule has 0 saturated carbocycles. The highest BCUT2D eigenvalue weighted by atomic mass is 16.5. The highest BCUT2D eigenvalue weighted by Gasteiger charge is 2.27. The Morgan fingerprint density at radius 3 is 3.00 bits per heavy atom. The summed E-state index contributed by atoms with van der Waals surface area (Å²) >= 11 is 0. The van der Waals surface area contributed by atoms with Crippen LogP contribution >= 0.6 is 0 Å². The fraction of sp³-hybridized carbons (Fsp3) is 0.357. The number of morpholine rings is 1. The van der Waals surface area contributed by atoms with Crippen LogP contribution in [-0.4, -0.2) is 25.2 Å². The van der Waals surface area contributed by atoms with Gasteiger partial charge in [-0.2, -0.15) is 0 Å². The van der Waals surface area contributed by atoms with E-state index in [1.165, 1.54) is 0 Å². The molecule has 1 N–H and O–H groups in total. The lowest BCUT2D eigenvalue weighted by Gasteiger charge is -2.27. The van der Waals surface area contributed by atoms with Gasteiger partial charge in [-0.3, -0.25) is 0 Å². The van der Waals surface area contributed by atoms with Crippen LogP contribution in [0.5, 0.6) is 0 Å². The number of carbonyl (C=O) groups excluding carboxylic acids is 1. The molecule has 4 heteroatoms. The van der Waals surface area contributed by atoms with Crippen molar-refractivity contribution in [2.75, 3.05) is 13.2 Å². The first-order valence-corrected chi connectivity index (χ1v) is 5.95. The third kappa shape index (κ3) is 3.80. The molecule has 0 aromatic rings. The van der Waals surface area contributed by atoms with Crippen LogP contribution in [0, 0.1) is 0 Å². The molecule has 0 spiro atoms. The van der Waals surface area contributed by atoms with Crippen molar-refractivity contribution in [2.24, 2.45) is 0 Å². The summed E-state index contributed by atoms with van der Waals surface area (Å²) in [7, 11) is 0. The van der Waals surface area contributed by atoms with E-state index in [1.807, 2.05) is 25.2 Å². The Balaban J connectivity index is 2.82. The molecule has 1 aliphatic rings. The number of esters is 1. The van der Waals surface area contributed by atoms with Crippen LogP contribution in [0.25, 0.3) is 0 Å². The van der Waals surface area contributed by atoms with Crippen molar-refractivity contribution in [3.8, 4) is 0 Å². The highest BCUT2D eigenvalue weighted by Crippen LogP contribution is 2.17. The third-order valence-corrected chi connectivity index (χ3v) is 2.30. The molecule has 0 bridgehead atoms. The number of nitrogens with one attached hydrogen (secondary N) is 1. The van der Waals surface area contributed by atoms with Crippen LogP contribution in [0.4, 0.5) is 0 Å². The molecule has 1 saturated heterocycles. The maximum atomic E-state index is 11.6. The molecule has 98 valence electrons. The molecule has 1 rings (SSSR count). The van der Waals surface area contributed by atoms with E-state index in [2.05, 4.69) is 11.9 Å². The van der Waals surface area contributed by atoms with Gasteiger partial charge in [-0.25, -0.2) is 4.79 Å². The number of hydrogen-bond donors (Lipinski definition) is 1. The van der Waals surface area contributed by atoms with Crippen LogP contribution in [-0.2, 0) is 14.3 Å². The van der Waals surface area contributed by atoms with Crippen molar-refractivity contribution in [1.82, 2.24) is 5.32 Å². The minimum atomic E-state index is -0.469. The van der Waals surface area contributed by atoms with Crippen molar-refractivity contribution >= 4 is 5.97 Å². The molecule has 0 amide bonds. The van der Waals surface area contributed by atoms with Gasteiger partial charge in [0.1, 0.15) is 12.4 Å². The zero-order valence-electron chi connectivity index (χ0n) is 10.8. The van der Waals surface area contributed by atoms with Crippen molar-refractivity contribution in [3.63, 3.8) is 0 Å². The zero-order valence-corrected chi connectivity index (χ0v) is 10.8. The number of ether oxygens (including phenoxy) is 2. The van der Waals surface area contributed by atoms with E-state index in [4.69, 9.17) is 9.47 Å². The predicted octanol–water partition coefficient (Wildman–Crippen LogP) is 2.07. The van der Waals surface area contributed by atoms with Gasteiger partial charge < -0.3 is 14.8 Å². The van der Waals surface area contributed by atoms with Gasteiger partial charge in [-0.1, -0.05) is 24.8 Å². The second-order valence-electron chi connectivity index (χ2n) is 3.63. The van der Waals surface area contributed by atoms with E-state index in [-0.39, 0.29) is 12.6 Å². The van der Waals surface area contributed by atoms with Gasteiger partial charge in [-0.05, 0) is 26.0 Å². The van der Waals surface area contributed by atoms with Crippen LogP contribution < -0.4 is 5.32 Å². The lowest BCUT2D eigenvalue weighted by atomic mass is 10.2.